The molecule has 11 nitrogen and oxygen atoms in total. The van der Waals surface area contributed by atoms with E-state index in [0.717, 1.165) is 16.6 Å². The van der Waals surface area contributed by atoms with Crippen molar-refractivity contribution >= 4 is 40.2 Å². The molecule has 0 aliphatic carbocycles. The molecule has 46 heavy (non-hydrogen) atoms. The van der Waals surface area contributed by atoms with E-state index in [1.807, 2.05) is 64.0 Å². The van der Waals surface area contributed by atoms with Crippen molar-refractivity contribution in [3.63, 3.8) is 0 Å². The Morgan fingerprint density at radius 1 is 1.11 bits per heavy atom. The number of carbonyl (C=O) groups excluding carboxylic acids is 2. The summed E-state index contributed by atoms with van der Waals surface area (Å²) < 4.78 is 44.5. The Hall–Kier alpha value is -4.77. The van der Waals surface area contributed by atoms with E-state index in [1.165, 1.54) is 4.90 Å². The van der Waals surface area contributed by atoms with E-state index >= 15 is 0 Å². The molecular weight excluding hydrogens is 607 g/mol. The molecule has 3 aromatic rings. The number of nitrogens with zero attached hydrogens (tertiary/aromatic N) is 5. The van der Waals surface area contributed by atoms with Crippen LogP contribution in [-0.2, 0) is 19.1 Å². The van der Waals surface area contributed by atoms with Crippen LogP contribution in [0.25, 0.3) is 10.8 Å². The summed E-state index contributed by atoms with van der Waals surface area (Å²) in [7, 11) is 3.76. The highest BCUT2D eigenvalue weighted by molar-refractivity contribution is 6.26. The zero-order chi connectivity index (χ0) is 33.8. The van der Waals surface area contributed by atoms with Gasteiger partial charge in [0, 0.05) is 42.5 Å². The van der Waals surface area contributed by atoms with Gasteiger partial charge in [0.05, 0.1) is 47.0 Å². The van der Waals surface area contributed by atoms with E-state index in [4.69, 9.17) is 19.4 Å². The summed E-state index contributed by atoms with van der Waals surface area (Å²) in [5.74, 6) is -3.30. The lowest BCUT2D eigenvalue weighted by atomic mass is 9.67. The quantitative estimate of drug-likeness (QED) is 0.376. The van der Waals surface area contributed by atoms with Crippen LogP contribution < -0.4 is 14.5 Å². The van der Waals surface area contributed by atoms with Gasteiger partial charge in [-0.05, 0) is 45.7 Å². The Kier molecular flexibility index (Phi) is 8.19. The summed E-state index contributed by atoms with van der Waals surface area (Å²) in [5, 5.41) is 18.1. The lowest BCUT2D eigenvalue weighted by molar-refractivity contribution is -0.192. The standard InChI is InChI=1S/C30H31N5O4.C2HF3O2/c1-17-18(2)32-28(34(4)5)33-25(17)38-15-14-30-13-12-29(3,39-30)23-24(30)27(37)35(26(23)36)22-11-10-19(16-31)20-8-6-7-9-21(20)22;3-2(4,5)1(6)7/h6-11,23-24H,12-15H2,1-5H3;(H,6,7)/t23-,24+,29-,30-;/m0./s1. The lowest BCUT2D eigenvalue weighted by Gasteiger charge is -2.31. The van der Waals surface area contributed by atoms with Crippen molar-refractivity contribution in [1.82, 2.24) is 9.97 Å². The minimum absolute atomic E-state index is 0.234. The number of halogens is 3. The predicted octanol–water partition coefficient (Wildman–Crippen LogP) is 4.71. The number of carbonyl (C=O) groups is 3. The number of aliphatic carboxylic acids is 1. The number of ether oxygens (including phenoxy) is 2. The molecule has 3 fully saturated rings. The fourth-order valence-electron chi connectivity index (χ4n) is 6.67. The number of hydrogen-bond donors (Lipinski definition) is 1. The average molecular weight is 640 g/mol. The molecule has 14 heteroatoms. The molecule has 3 aliphatic rings. The van der Waals surface area contributed by atoms with Crippen molar-refractivity contribution in [3.8, 4) is 11.9 Å². The number of amides is 2. The third-order valence-electron chi connectivity index (χ3n) is 9.01. The topological polar surface area (TPSA) is 146 Å². The van der Waals surface area contributed by atoms with E-state index in [2.05, 4.69) is 16.0 Å². The van der Waals surface area contributed by atoms with Crippen LogP contribution in [0.1, 0.15) is 43.0 Å². The van der Waals surface area contributed by atoms with E-state index in [0.29, 0.717) is 54.3 Å². The summed E-state index contributed by atoms with van der Waals surface area (Å²) in [4.78, 5) is 49.1. The minimum Gasteiger partial charge on any atom is -0.477 e. The number of carboxylic acid groups (broad SMARTS) is 1. The molecule has 4 atom stereocenters. The molecule has 3 aliphatic heterocycles. The van der Waals surface area contributed by atoms with Crippen molar-refractivity contribution in [2.75, 3.05) is 30.5 Å². The molecule has 1 N–H and O–H groups in total. The van der Waals surface area contributed by atoms with Crippen LogP contribution in [0.4, 0.5) is 24.8 Å². The van der Waals surface area contributed by atoms with Crippen molar-refractivity contribution in [2.24, 2.45) is 11.8 Å². The molecule has 0 spiro atoms. The summed E-state index contributed by atoms with van der Waals surface area (Å²) in [6, 6.07) is 13.0. The molecule has 3 saturated heterocycles. The van der Waals surface area contributed by atoms with Crippen LogP contribution >= 0.6 is 0 Å². The van der Waals surface area contributed by atoms with Gasteiger partial charge in [0.2, 0.25) is 23.6 Å². The van der Waals surface area contributed by atoms with Crippen molar-refractivity contribution in [2.45, 2.75) is 57.4 Å². The van der Waals surface area contributed by atoms with Crippen molar-refractivity contribution in [3.05, 3.63) is 53.2 Å². The van der Waals surface area contributed by atoms with Crippen LogP contribution in [0.3, 0.4) is 0 Å². The third-order valence-corrected chi connectivity index (χ3v) is 9.01. The number of aromatic nitrogens is 2. The second-order valence-corrected chi connectivity index (χ2v) is 12.1. The van der Waals surface area contributed by atoms with E-state index < -0.39 is 35.2 Å². The zero-order valence-corrected chi connectivity index (χ0v) is 25.8. The number of aryl methyl sites for hydroxylation is 1. The number of fused-ring (bicyclic) bond motifs is 6. The SMILES string of the molecule is Cc1nc(N(C)C)nc(OCC[C@]23CC[C@](C)(O2)[C@@H]2C(=O)N(c4ccc(C#N)c5ccccc45)C(=O)[C@@H]23)c1C.O=C(O)C(F)(F)F. The molecule has 242 valence electrons. The molecule has 2 amide bonds. The number of carboxylic acids is 1. The van der Waals surface area contributed by atoms with Gasteiger partial charge in [0.1, 0.15) is 0 Å². The van der Waals surface area contributed by atoms with Crippen molar-refractivity contribution < 1.29 is 42.1 Å². The summed E-state index contributed by atoms with van der Waals surface area (Å²) >= 11 is 0. The molecule has 6 rings (SSSR count). The molecule has 1 aromatic heterocycles. The molecular formula is C32H32F3N5O6. The van der Waals surface area contributed by atoms with Gasteiger partial charge >= 0.3 is 12.1 Å². The fraction of sp³-hybridized carbons (Fsp3) is 0.438. The first kappa shape index (κ1) is 32.6. The summed E-state index contributed by atoms with van der Waals surface area (Å²) in [6.07, 6.45) is -3.24. The summed E-state index contributed by atoms with van der Waals surface area (Å²) in [6.45, 7) is 6.10. The Bertz CT molecular complexity index is 1790. The van der Waals surface area contributed by atoms with Gasteiger partial charge in [-0.2, -0.15) is 23.4 Å². The Balaban J connectivity index is 0.000000537. The maximum atomic E-state index is 14.1. The second-order valence-electron chi connectivity index (χ2n) is 12.1. The summed E-state index contributed by atoms with van der Waals surface area (Å²) in [5.41, 5.74) is 1.23. The van der Waals surface area contributed by atoms with E-state index in [-0.39, 0.29) is 11.8 Å². The normalized spacial score (nSPS) is 24.8. The molecule has 0 unspecified atom stereocenters. The largest absolute Gasteiger partial charge is 0.490 e. The van der Waals surface area contributed by atoms with Crippen LogP contribution in [0.2, 0.25) is 0 Å². The van der Waals surface area contributed by atoms with Crippen LogP contribution in [0.5, 0.6) is 5.88 Å². The van der Waals surface area contributed by atoms with Gasteiger partial charge in [-0.25, -0.2) is 14.7 Å². The molecule has 4 heterocycles. The molecule has 0 radical (unpaired) electrons. The number of nitriles is 1. The molecule has 0 saturated carbocycles. The van der Waals surface area contributed by atoms with Gasteiger partial charge in [0.15, 0.2) is 0 Å². The van der Waals surface area contributed by atoms with Crippen LogP contribution in [0.15, 0.2) is 36.4 Å². The smallest absolute Gasteiger partial charge is 0.477 e. The first-order chi connectivity index (χ1) is 21.5. The number of anilines is 2. The van der Waals surface area contributed by atoms with Gasteiger partial charge in [0.25, 0.3) is 0 Å². The maximum Gasteiger partial charge on any atom is 0.490 e. The molecule has 2 bridgehead atoms. The van der Waals surface area contributed by atoms with E-state index in [9.17, 15) is 28.0 Å². The Morgan fingerprint density at radius 3 is 2.35 bits per heavy atom. The van der Waals surface area contributed by atoms with Gasteiger partial charge in [-0.15, -0.1) is 0 Å². The number of alkyl halides is 3. The number of rotatable bonds is 6. The maximum absolute atomic E-state index is 14.1. The highest BCUT2D eigenvalue weighted by Gasteiger charge is 2.74. The van der Waals surface area contributed by atoms with Gasteiger partial charge in [-0.1, -0.05) is 24.3 Å². The highest BCUT2D eigenvalue weighted by Crippen LogP contribution is 2.62. The Labute approximate surface area is 262 Å². The number of benzene rings is 2. The van der Waals surface area contributed by atoms with Crippen LogP contribution in [-0.4, -0.2) is 70.9 Å². The second kappa shape index (κ2) is 11.5. The van der Waals surface area contributed by atoms with Gasteiger partial charge in [-0.3, -0.25) is 9.59 Å². The lowest BCUT2D eigenvalue weighted by Crippen LogP contribution is -2.43. The van der Waals surface area contributed by atoms with Crippen molar-refractivity contribution in [1.29, 1.82) is 5.26 Å². The number of imide groups is 1. The first-order valence-electron chi connectivity index (χ1n) is 14.5. The monoisotopic (exact) mass is 639 g/mol. The average Bonchev–Trinajstić information content (AvgIpc) is 3.58. The first-order valence-corrected chi connectivity index (χ1v) is 14.5. The fourth-order valence-corrected chi connectivity index (χ4v) is 6.67. The highest BCUT2D eigenvalue weighted by atomic mass is 19.4. The molecule has 2 aromatic carbocycles. The van der Waals surface area contributed by atoms with Gasteiger partial charge < -0.3 is 19.5 Å². The Morgan fingerprint density at radius 2 is 1.74 bits per heavy atom. The number of hydrogen-bond acceptors (Lipinski definition) is 9. The minimum atomic E-state index is -5.08. The van der Waals surface area contributed by atoms with Crippen LogP contribution in [0, 0.1) is 37.0 Å². The zero-order valence-electron chi connectivity index (χ0n) is 25.8. The predicted molar refractivity (Wildman–Crippen MR) is 159 cm³/mol. The van der Waals surface area contributed by atoms with E-state index in [1.54, 1.807) is 12.1 Å². The third kappa shape index (κ3) is 5.38.